The van der Waals surface area contributed by atoms with Crippen LogP contribution in [0.5, 0.6) is 5.75 Å². The maximum atomic E-state index is 5.49. The molecule has 3 heteroatoms. The minimum Gasteiger partial charge on any atom is -0.466 e. The smallest absolute Gasteiger partial charge is 0.189 e. The van der Waals surface area contributed by atoms with E-state index in [1.807, 2.05) is 31.2 Å². The van der Waals surface area contributed by atoms with Gasteiger partial charge in [0.05, 0.1) is 11.4 Å². The van der Waals surface area contributed by atoms with Crippen LogP contribution in [0.4, 0.5) is 0 Å². The first-order valence-electron chi connectivity index (χ1n) is 4.73. The van der Waals surface area contributed by atoms with E-state index < -0.39 is 0 Å². The number of ether oxygens (including phenoxy) is 2. The quantitative estimate of drug-likeness (QED) is 0.339. The van der Waals surface area contributed by atoms with Crippen molar-refractivity contribution < 1.29 is 9.47 Å². The highest BCUT2D eigenvalue weighted by atomic mass is 35.5. The lowest BCUT2D eigenvalue weighted by atomic mass is 10.2. The average Bonchev–Trinajstić information content (AvgIpc) is 2.28. The van der Waals surface area contributed by atoms with Gasteiger partial charge in [-0.3, -0.25) is 0 Å². The summed E-state index contributed by atoms with van der Waals surface area (Å²) < 4.78 is 10.5. The van der Waals surface area contributed by atoms with Crippen LogP contribution in [0.3, 0.4) is 0 Å². The number of para-hydroxylation sites is 1. The summed E-state index contributed by atoms with van der Waals surface area (Å²) in [7, 11) is 0. The zero-order chi connectivity index (χ0) is 10.9. The molecule has 1 rings (SSSR count). The highest BCUT2D eigenvalue weighted by Gasteiger charge is 1.98. The van der Waals surface area contributed by atoms with Crippen molar-refractivity contribution >= 4 is 11.6 Å². The normalized spacial score (nSPS) is 9.20. The molecule has 0 saturated carbocycles. The molecular weight excluding hydrogens is 212 g/mol. The second-order valence-electron chi connectivity index (χ2n) is 2.69. The molecule has 80 valence electrons. The second kappa shape index (κ2) is 7.17. The fraction of sp³-hybridized carbons (Fsp3) is 0.333. The van der Waals surface area contributed by atoms with Crippen LogP contribution in [0.1, 0.15) is 12.5 Å². The molecule has 0 aliphatic carbocycles. The van der Waals surface area contributed by atoms with Gasteiger partial charge < -0.3 is 9.47 Å². The van der Waals surface area contributed by atoms with Crippen molar-refractivity contribution in [3.05, 3.63) is 29.8 Å². The first-order chi connectivity index (χ1) is 7.38. The summed E-state index contributed by atoms with van der Waals surface area (Å²) in [6, 6.07) is 7.55. The van der Waals surface area contributed by atoms with E-state index in [0.29, 0.717) is 12.5 Å². The van der Waals surface area contributed by atoms with Gasteiger partial charge in [0.25, 0.3) is 0 Å². The predicted molar refractivity (Wildman–Crippen MR) is 61.2 cm³/mol. The summed E-state index contributed by atoms with van der Waals surface area (Å²) in [6.07, 6.45) is 0. The van der Waals surface area contributed by atoms with Gasteiger partial charge in [-0.1, -0.05) is 24.0 Å². The Morgan fingerprint density at radius 1 is 1.33 bits per heavy atom. The van der Waals surface area contributed by atoms with Crippen molar-refractivity contribution in [1.29, 1.82) is 0 Å². The van der Waals surface area contributed by atoms with Gasteiger partial charge in [0, 0.05) is 6.61 Å². The molecule has 0 radical (unpaired) electrons. The van der Waals surface area contributed by atoms with E-state index in [1.54, 1.807) is 0 Å². The lowest BCUT2D eigenvalue weighted by molar-refractivity contribution is 0.0222. The number of hydrogen-bond acceptors (Lipinski definition) is 2. The topological polar surface area (TPSA) is 18.5 Å². The Bertz CT molecular complexity index is 352. The number of benzene rings is 1. The number of rotatable bonds is 4. The van der Waals surface area contributed by atoms with Crippen molar-refractivity contribution in [3.63, 3.8) is 0 Å². The molecule has 0 amide bonds. The summed E-state index contributed by atoms with van der Waals surface area (Å²) in [5, 5.41) is 0. The standard InChI is InChI=1S/C12H13ClO2/c1-2-14-10-15-12-8-4-3-6-11(12)7-5-9-13/h3-4,6,8H,2,9-10H2,1H3. The van der Waals surface area contributed by atoms with Gasteiger partial charge in [-0.25, -0.2) is 0 Å². The van der Waals surface area contributed by atoms with Gasteiger partial charge in [-0.15, -0.1) is 11.6 Å². The van der Waals surface area contributed by atoms with E-state index in [4.69, 9.17) is 21.1 Å². The predicted octanol–water partition coefficient (Wildman–Crippen LogP) is 2.65. The molecule has 0 aliphatic rings. The molecule has 0 spiro atoms. The molecule has 2 nitrogen and oxygen atoms in total. The lowest BCUT2D eigenvalue weighted by Gasteiger charge is -2.07. The fourth-order valence-corrected chi connectivity index (χ4v) is 1.08. The van der Waals surface area contributed by atoms with Crippen molar-refractivity contribution in [2.75, 3.05) is 19.3 Å². The van der Waals surface area contributed by atoms with Crippen LogP contribution < -0.4 is 4.74 Å². The fourth-order valence-electron chi connectivity index (χ4n) is 1.01. The third-order valence-corrected chi connectivity index (χ3v) is 1.81. The molecule has 0 N–H and O–H groups in total. The minimum absolute atomic E-state index is 0.246. The van der Waals surface area contributed by atoms with Gasteiger partial charge in [0.15, 0.2) is 6.79 Å². The van der Waals surface area contributed by atoms with Gasteiger partial charge in [-0.05, 0) is 19.1 Å². The third-order valence-electron chi connectivity index (χ3n) is 1.68. The van der Waals surface area contributed by atoms with E-state index in [9.17, 15) is 0 Å². The van der Waals surface area contributed by atoms with Gasteiger partial charge >= 0.3 is 0 Å². The van der Waals surface area contributed by atoms with E-state index in [0.717, 1.165) is 11.3 Å². The first kappa shape index (κ1) is 11.9. The van der Waals surface area contributed by atoms with E-state index in [-0.39, 0.29) is 6.79 Å². The Balaban J connectivity index is 2.68. The lowest BCUT2D eigenvalue weighted by Crippen LogP contribution is -2.03. The van der Waals surface area contributed by atoms with Gasteiger partial charge in [0.1, 0.15) is 5.75 Å². The molecule has 0 atom stereocenters. The third kappa shape index (κ3) is 4.24. The molecular formula is C12H13ClO2. The largest absolute Gasteiger partial charge is 0.466 e. The van der Waals surface area contributed by atoms with Crippen LogP contribution in [0.2, 0.25) is 0 Å². The minimum atomic E-state index is 0.246. The molecule has 0 aliphatic heterocycles. The Morgan fingerprint density at radius 2 is 2.13 bits per heavy atom. The summed E-state index contributed by atoms with van der Waals surface area (Å²) in [5.41, 5.74) is 0.831. The highest BCUT2D eigenvalue weighted by Crippen LogP contribution is 2.16. The van der Waals surface area contributed by atoms with Gasteiger partial charge in [-0.2, -0.15) is 0 Å². The summed E-state index contributed by atoms with van der Waals surface area (Å²) in [4.78, 5) is 0. The molecule has 0 bridgehead atoms. The Kier molecular flexibility index (Phi) is 5.69. The molecule has 0 aromatic heterocycles. The van der Waals surface area contributed by atoms with E-state index in [1.165, 1.54) is 0 Å². The Labute approximate surface area is 95.2 Å². The number of alkyl halides is 1. The summed E-state index contributed by atoms with van der Waals surface area (Å²) in [6.45, 7) is 2.80. The molecule has 1 aromatic rings. The first-order valence-corrected chi connectivity index (χ1v) is 5.26. The van der Waals surface area contributed by atoms with Crippen LogP contribution in [0.25, 0.3) is 0 Å². The Morgan fingerprint density at radius 3 is 2.87 bits per heavy atom. The maximum absolute atomic E-state index is 5.49. The van der Waals surface area contributed by atoms with Crippen molar-refractivity contribution in [2.24, 2.45) is 0 Å². The number of hydrogen-bond donors (Lipinski definition) is 0. The number of halogens is 1. The molecule has 0 saturated heterocycles. The average molecular weight is 225 g/mol. The molecule has 1 aromatic carbocycles. The van der Waals surface area contributed by atoms with Crippen molar-refractivity contribution in [1.82, 2.24) is 0 Å². The van der Waals surface area contributed by atoms with Crippen molar-refractivity contribution in [3.8, 4) is 17.6 Å². The van der Waals surface area contributed by atoms with Crippen LogP contribution in [0.15, 0.2) is 24.3 Å². The summed E-state index contributed by atoms with van der Waals surface area (Å²) in [5.74, 6) is 6.76. The van der Waals surface area contributed by atoms with Crippen LogP contribution in [0, 0.1) is 11.8 Å². The van der Waals surface area contributed by atoms with E-state index >= 15 is 0 Å². The monoisotopic (exact) mass is 224 g/mol. The highest BCUT2D eigenvalue weighted by molar-refractivity contribution is 6.19. The molecule has 0 fully saturated rings. The van der Waals surface area contributed by atoms with Gasteiger partial charge in [0.2, 0.25) is 0 Å². The maximum Gasteiger partial charge on any atom is 0.189 e. The second-order valence-corrected chi connectivity index (χ2v) is 2.95. The zero-order valence-electron chi connectivity index (χ0n) is 8.63. The zero-order valence-corrected chi connectivity index (χ0v) is 9.38. The molecule has 15 heavy (non-hydrogen) atoms. The SMILES string of the molecule is CCOCOc1ccccc1C#CCCl. The molecule has 0 heterocycles. The van der Waals surface area contributed by atoms with Crippen LogP contribution in [-0.4, -0.2) is 19.3 Å². The van der Waals surface area contributed by atoms with Crippen LogP contribution >= 0.6 is 11.6 Å². The van der Waals surface area contributed by atoms with E-state index in [2.05, 4.69) is 11.8 Å². The summed E-state index contributed by atoms with van der Waals surface area (Å²) >= 11 is 5.49. The molecule has 0 unspecified atom stereocenters. The Hall–Kier alpha value is -1.17. The van der Waals surface area contributed by atoms with Crippen molar-refractivity contribution in [2.45, 2.75) is 6.92 Å². The van der Waals surface area contributed by atoms with Crippen LogP contribution in [-0.2, 0) is 4.74 Å².